The number of alkyl halides is 1. The summed E-state index contributed by atoms with van der Waals surface area (Å²) >= 11 is 5.89. The van der Waals surface area contributed by atoms with Crippen LogP contribution in [-0.2, 0) is 12.5 Å². The van der Waals surface area contributed by atoms with E-state index < -0.39 is 5.82 Å². The van der Waals surface area contributed by atoms with Gasteiger partial charge in [0, 0.05) is 11.1 Å². The first-order valence-electron chi connectivity index (χ1n) is 6.25. The van der Waals surface area contributed by atoms with Crippen molar-refractivity contribution in [2.75, 3.05) is 7.11 Å². The highest BCUT2D eigenvalue weighted by Gasteiger charge is 2.10. The van der Waals surface area contributed by atoms with E-state index in [1.165, 1.54) is 7.11 Å². The fraction of sp³-hybridized carbons (Fsp3) is 0.250. The maximum Gasteiger partial charge on any atom is 0.171 e. The molecule has 0 radical (unpaired) electrons. The van der Waals surface area contributed by atoms with Gasteiger partial charge in [0.1, 0.15) is 12.4 Å². The summed E-state index contributed by atoms with van der Waals surface area (Å²) in [6.45, 7) is 2.12. The number of rotatable bonds is 5. The molecule has 0 amide bonds. The normalized spacial score (nSPS) is 10.4. The van der Waals surface area contributed by atoms with Crippen LogP contribution in [0.25, 0.3) is 0 Å². The Labute approximate surface area is 123 Å². The van der Waals surface area contributed by atoms with Gasteiger partial charge in [-0.1, -0.05) is 29.8 Å². The van der Waals surface area contributed by atoms with Crippen molar-refractivity contribution in [3.63, 3.8) is 0 Å². The van der Waals surface area contributed by atoms with Gasteiger partial charge >= 0.3 is 0 Å². The van der Waals surface area contributed by atoms with E-state index in [0.29, 0.717) is 17.2 Å². The highest BCUT2D eigenvalue weighted by Crippen LogP contribution is 2.25. The van der Waals surface area contributed by atoms with Crippen molar-refractivity contribution in [1.82, 2.24) is 0 Å². The summed E-state index contributed by atoms with van der Waals surface area (Å²) in [4.78, 5) is 0. The smallest absolute Gasteiger partial charge is 0.171 e. The van der Waals surface area contributed by atoms with Gasteiger partial charge in [-0.3, -0.25) is 0 Å². The van der Waals surface area contributed by atoms with Crippen molar-refractivity contribution in [2.45, 2.75) is 19.4 Å². The van der Waals surface area contributed by atoms with Crippen LogP contribution in [0, 0.1) is 12.7 Å². The zero-order chi connectivity index (χ0) is 14.5. The van der Waals surface area contributed by atoms with Crippen molar-refractivity contribution in [2.24, 2.45) is 0 Å². The first-order chi connectivity index (χ1) is 9.65. The third-order valence-electron chi connectivity index (χ3n) is 3.01. The monoisotopic (exact) mass is 294 g/mol. The number of aryl methyl sites for hydroxylation is 1. The molecule has 0 heterocycles. The van der Waals surface area contributed by atoms with Crippen molar-refractivity contribution >= 4 is 11.6 Å². The van der Waals surface area contributed by atoms with Crippen molar-refractivity contribution < 1.29 is 13.9 Å². The standard InChI is InChI=1S/C16H16ClFO2/c1-11-6-7-14(13(8-11)9-17)20-10-12-4-3-5-15(19-2)16(12)18/h3-8H,9-10H2,1-2H3. The molecule has 0 saturated heterocycles. The lowest BCUT2D eigenvalue weighted by molar-refractivity contribution is 0.293. The molecule has 2 aromatic rings. The van der Waals surface area contributed by atoms with Crippen LogP contribution in [0.1, 0.15) is 16.7 Å². The third-order valence-corrected chi connectivity index (χ3v) is 3.29. The minimum Gasteiger partial charge on any atom is -0.494 e. The number of hydrogen-bond acceptors (Lipinski definition) is 2. The molecule has 106 valence electrons. The van der Waals surface area contributed by atoms with Crippen LogP contribution < -0.4 is 9.47 Å². The van der Waals surface area contributed by atoms with Gasteiger partial charge < -0.3 is 9.47 Å². The summed E-state index contributed by atoms with van der Waals surface area (Å²) in [6, 6.07) is 10.7. The highest BCUT2D eigenvalue weighted by molar-refractivity contribution is 6.17. The van der Waals surface area contributed by atoms with Crippen LogP contribution in [0.15, 0.2) is 36.4 Å². The van der Waals surface area contributed by atoms with Gasteiger partial charge in [0.2, 0.25) is 0 Å². The second-order valence-corrected chi connectivity index (χ2v) is 4.73. The molecule has 4 heteroatoms. The molecule has 2 aromatic carbocycles. The summed E-state index contributed by atoms with van der Waals surface area (Å²) < 4.78 is 24.6. The highest BCUT2D eigenvalue weighted by atomic mass is 35.5. The average molecular weight is 295 g/mol. The molecular formula is C16H16ClFO2. The Hall–Kier alpha value is -1.74. The lowest BCUT2D eigenvalue weighted by Crippen LogP contribution is -2.02. The number of ether oxygens (including phenoxy) is 2. The van der Waals surface area contributed by atoms with Gasteiger partial charge in [0.15, 0.2) is 11.6 Å². The van der Waals surface area contributed by atoms with Crippen LogP contribution in [0.3, 0.4) is 0 Å². The molecule has 0 fully saturated rings. The quantitative estimate of drug-likeness (QED) is 0.758. The van der Waals surface area contributed by atoms with Crippen LogP contribution >= 0.6 is 11.6 Å². The lowest BCUT2D eigenvalue weighted by atomic mass is 10.1. The number of methoxy groups -OCH3 is 1. The molecule has 0 aliphatic rings. The van der Waals surface area contributed by atoms with Gasteiger partial charge in [-0.2, -0.15) is 0 Å². The molecule has 0 bridgehead atoms. The number of hydrogen-bond donors (Lipinski definition) is 0. The Morgan fingerprint density at radius 1 is 1.10 bits per heavy atom. The van der Waals surface area contributed by atoms with Crippen LogP contribution in [-0.4, -0.2) is 7.11 Å². The van der Waals surface area contributed by atoms with E-state index in [1.54, 1.807) is 18.2 Å². The first-order valence-corrected chi connectivity index (χ1v) is 6.79. The molecule has 0 aliphatic heterocycles. The molecule has 0 unspecified atom stereocenters. The zero-order valence-electron chi connectivity index (χ0n) is 11.5. The van der Waals surface area contributed by atoms with E-state index in [2.05, 4.69) is 0 Å². The van der Waals surface area contributed by atoms with E-state index >= 15 is 0 Å². The minimum atomic E-state index is -0.394. The number of halogens is 2. The summed E-state index contributed by atoms with van der Waals surface area (Å²) in [5, 5.41) is 0. The molecule has 0 aliphatic carbocycles. The zero-order valence-corrected chi connectivity index (χ0v) is 12.2. The summed E-state index contributed by atoms with van der Waals surface area (Å²) in [7, 11) is 1.44. The molecule has 2 rings (SSSR count). The lowest BCUT2D eigenvalue weighted by Gasteiger charge is -2.12. The summed E-state index contributed by atoms with van der Waals surface area (Å²) in [5.41, 5.74) is 2.46. The topological polar surface area (TPSA) is 18.5 Å². The predicted octanol–water partition coefficient (Wildman–Crippen LogP) is 4.46. The van der Waals surface area contributed by atoms with Gasteiger partial charge in [-0.05, 0) is 19.1 Å². The molecule has 20 heavy (non-hydrogen) atoms. The predicted molar refractivity (Wildman–Crippen MR) is 78.0 cm³/mol. The Bertz CT molecular complexity index is 599. The fourth-order valence-corrected chi connectivity index (χ4v) is 2.14. The maximum absolute atomic E-state index is 14.0. The van der Waals surface area contributed by atoms with Gasteiger partial charge in [0.05, 0.1) is 13.0 Å². The Kier molecular flexibility index (Phi) is 4.85. The Morgan fingerprint density at radius 2 is 1.90 bits per heavy atom. The summed E-state index contributed by atoms with van der Waals surface area (Å²) in [6.07, 6.45) is 0. The van der Waals surface area contributed by atoms with Crippen molar-refractivity contribution in [3.8, 4) is 11.5 Å². The van der Waals surface area contributed by atoms with E-state index in [4.69, 9.17) is 21.1 Å². The van der Waals surface area contributed by atoms with Gasteiger partial charge in [-0.25, -0.2) is 4.39 Å². The number of benzene rings is 2. The molecule has 0 N–H and O–H groups in total. The first kappa shape index (κ1) is 14.7. The van der Waals surface area contributed by atoms with Crippen LogP contribution in [0.4, 0.5) is 4.39 Å². The van der Waals surface area contributed by atoms with Crippen LogP contribution in [0.2, 0.25) is 0 Å². The van der Waals surface area contributed by atoms with E-state index in [-0.39, 0.29) is 12.4 Å². The minimum absolute atomic E-state index is 0.135. The SMILES string of the molecule is COc1cccc(COc2ccc(C)cc2CCl)c1F. The van der Waals surface area contributed by atoms with Crippen molar-refractivity contribution in [3.05, 3.63) is 58.9 Å². The van der Waals surface area contributed by atoms with Gasteiger partial charge in [0.25, 0.3) is 0 Å². The van der Waals surface area contributed by atoms with E-state index in [0.717, 1.165) is 11.1 Å². The van der Waals surface area contributed by atoms with Gasteiger partial charge in [-0.15, -0.1) is 11.6 Å². The average Bonchev–Trinajstić information content (AvgIpc) is 2.47. The maximum atomic E-state index is 14.0. The molecule has 0 spiro atoms. The van der Waals surface area contributed by atoms with E-state index in [9.17, 15) is 4.39 Å². The Morgan fingerprint density at radius 3 is 2.60 bits per heavy atom. The second kappa shape index (κ2) is 6.62. The van der Waals surface area contributed by atoms with Crippen molar-refractivity contribution in [1.29, 1.82) is 0 Å². The van der Waals surface area contributed by atoms with E-state index in [1.807, 2.05) is 25.1 Å². The third kappa shape index (κ3) is 3.23. The molecule has 0 aromatic heterocycles. The molecular weight excluding hydrogens is 279 g/mol. The molecule has 0 atom stereocenters. The largest absolute Gasteiger partial charge is 0.494 e. The molecule has 2 nitrogen and oxygen atoms in total. The van der Waals surface area contributed by atoms with Crippen LogP contribution in [0.5, 0.6) is 11.5 Å². The second-order valence-electron chi connectivity index (χ2n) is 4.47. The molecule has 0 saturated carbocycles. The Balaban J connectivity index is 2.17. The fourth-order valence-electron chi connectivity index (χ4n) is 1.93. The summed E-state index contributed by atoms with van der Waals surface area (Å²) in [5.74, 6) is 0.854.